The van der Waals surface area contributed by atoms with Crippen LogP contribution in [0.3, 0.4) is 0 Å². The molecule has 2 fully saturated rings. The Labute approximate surface area is 195 Å². The van der Waals surface area contributed by atoms with Crippen LogP contribution in [0.15, 0.2) is 53.4 Å². The Bertz CT molecular complexity index is 1050. The van der Waals surface area contributed by atoms with Gasteiger partial charge in [-0.25, -0.2) is 12.8 Å². The van der Waals surface area contributed by atoms with E-state index in [1.165, 1.54) is 16.4 Å². The van der Waals surface area contributed by atoms with Crippen LogP contribution in [0.25, 0.3) is 0 Å². The minimum Gasteiger partial charge on any atom is -0.368 e. The zero-order valence-electron chi connectivity index (χ0n) is 19.0. The molecule has 0 aromatic heterocycles. The van der Waals surface area contributed by atoms with Crippen molar-refractivity contribution in [1.29, 1.82) is 0 Å². The van der Waals surface area contributed by atoms with Crippen molar-refractivity contribution in [1.82, 2.24) is 14.1 Å². The number of sulfonamides is 1. The molecule has 0 N–H and O–H groups in total. The second-order valence-corrected chi connectivity index (χ2v) is 10.6. The van der Waals surface area contributed by atoms with E-state index in [9.17, 15) is 17.6 Å². The lowest BCUT2D eigenvalue weighted by atomic mass is 10.2. The average molecular weight is 475 g/mol. The molecule has 7 nitrogen and oxygen atoms in total. The summed E-state index contributed by atoms with van der Waals surface area (Å²) in [4.78, 5) is 19.3. The van der Waals surface area contributed by atoms with Crippen LogP contribution in [0, 0.1) is 12.7 Å². The van der Waals surface area contributed by atoms with Gasteiger partial charge < -0.3 is 9.80 Å². The van der Waals surface area contributed by atoms with Gasteiger partial charge in [0.05, 0.1) is 11.4 Å². The molecular formula is C24H31FN4O3S. The van der Waals surface area contributed by atoms with E-state index < -0.39 is 10.0 Å². The van der Waals surface area contributed by atoms with Gasteiger partial charge in [0.25, 0.3) is 0 Å². The maximum atomic E-state index is 13.2. The molecule has 33 heavy (non-hydrogen) atoms. The van der Waals surface area contributed by atoms with E-state index >= 15 is 0 Å². The zero-order valence-corrected chi connectivity index (χ0v) is 19.8. The first-order valence-corrected chi connectivity index (χ1v) is 12.8. The second-order valence-electron chi connectivity index (χ2n) is 8.69. The summed E-state index contributed by atoms with van der Waals surface area (Å²) in [5.74, 6) is -0.182. The lowest BCUT2D eigenvalue weighted by Crippen LogP contribution is -2.51. The van der Waals surface area contributed by atoms with E-state index in [0.29, 0.717) is 70.2 Å². The Morgan fingerprint density at radius 2 is 1.52 bits per heavy atom. The smallest absolute Gasteiger partial charge is 0.243 e. The van der Waals surface area contributed by atoms with Crippen molar-refractivity contribution in [3.8, 4) is 0 Å². The Morgan fingerprint density at radius 1 is 0.848 bits per heavy atom. The molecule has 9 heteroatoms. The summed E-state index contributed by atoms with van der Waals surface area (Å²) >= 11 is 0. The molecule has 2 aliphatic heterocycles. The van der Waals surface area contributed by atoms with Crippen molar-refractivity contribution in [2.75, 3.05) is 63.8 Å². The van der Waals surface area contributed by atoms with Gasteiger partial charge in [0.1, 0.15) is 5.82 Å². The molecular weight excluding hydrogens is 443 g/mol. The summed E-state index contributed by atoms with van der Waals surface area (Å²) in [6.07, 6.45) is 0.691. The summed E-state index contributed by atoms with van der Waals surface area (Å²) in [5, 5.41) is 0. The molecule has 0 atom stereocenters. The number of carbonyl (C=O) groups excluding carboxylic acids is 1. The third kappa shape index (κ3) is 5.72. The fourth-order valence-electron chi connectivity index (χ4n) is 4.36. The largest absolute Gasteiger partial charge is 0.368 e. The minimum absolute atomic E-state index is 0.0728. The van der Waals surface area contributed by atoms with Gasteiger partial charge in [0.2, 0.25) is 15.9 Å². The van der Waals surface area contributed by atoms with E-state index in [1.807, 2.05) is 24.0 Å². The number of carbonyl (C=O) groups is 1. The maximum absolute atomic E-state index is 13.2. The highest BCUT2D eigenvalue weighted by Crippen LogP contribution is 2.19. The molecule has 0 saturated carbocycles. The van der Waals surface area contributed by atoms with Crippen LogP contribution in [-0.4, -0.2) is 87.3 Å². The summed E-state index contributed by atoms with van der Waals surface area (Å²) in [5.41, 5.74) is 1.99. The molecule has 1 amide bonds. The van der Waals surface area contributed by atoms with Crippen LogP contribution in [0.2, 0.25) is 0 Å². The Balaban J connectivity index is 1.28. The molecule has 0 bridgehead atoms. The number of anilines is 1. The number of benzene rings is 2. The number of piperazine rings is 1. The summed E-state index contributed by atoms with van der Waals surface area (Å²) in [7, 11) is -3.53. The molecule has 2 aromatic carbocycles. The Morgan fingerprint density at radius 3 is 2.18 bits per heavy atom. The predicted molar refractivity (Wildman–Crippen MR) is 126 cm³/mol. The molecule has 0 spiro atoms. The fourth-order valence-corrected chi connectivity index (χ4v) is 5.83. The summed E-state index contributed by atoms with van der Waals surface area (Å²) in [6, 6.07) is 13.4. The van der Waals surface area contributed by atoms with Gasteiger partial charge >= 0.3 is 0 Å². The highest BCUT2D eigenvalue weighted by Gasteiger charge is 2.28. The third-order valence-electron chi connectivity index (χ3n) is 6.39. The summed E-state index contributed by atoms with van der Waals surface area (Å²) in [6.45, 7) is 6.96. The van der Waals surface area contributed by atoms with Gasteiger partial charge in [-0.05, 0) is 56.3 Å². The van der Waals surface area contributed by atoms with Crippen molar-refractivity contribution in [3.05, 3.63) is 59.9 Å². The van der Waals surface area contributed by atoms with Crippen LogP contribution in [0.1, 0.15) is 12.0 Å². The van der Waals surface area contributed by atoms with Gasteiger partial charge in [-0.1, -0.05) is 17.7 Å². The molecule has 4 rings (SSSR count). The normalized spacial score (nSPS) is 18.8. The van der Waals surface area contributed by atoms with Crippen LogP contribution >= 0.6 is 0 Å². The van der Waals surface area contributed by atoms with Crippen molar-refractivity contribution < 1.29 is 17.6 Å². The Kier molecular flexibility index (Phi) is 7.31. The number of halogens is 1. The topological polar surface area (TPSA) is 64.2 Å². The van der Waals surface area contributed by atoms with E-state index in [4.69, 9.17) is 0 Å². The number of nitrogens with zero attached hydrogens (tertiary/aromatic N) is 4. The third-order valence-corrected chi connectivity index (χ3v) is 8.30. The lowest BCUT2D eigenvalue weighted by Gasteiger charge is -2.37. The predicted octanol–water partition coefficient (Wildman–Crippen LogP) is 2.18. The standard InChI is InChI=1S/C24H31FN4O3S/c1-20-3-9-23(10-4-20)33(31,32)29-12-2-11-26(13-18-29)19-24(30)28-16-14-27(15-17-28)22-7-5-21(25)6-8-22/h3-10H,2,11-19H2,1H3. The molecule has 2 aromatic rings. The first-order chi connectivity index (χ1) is 15.8. The zero-order chi connectivity index (χ0) is 23.4. The number of amides is 1. The molecule has 2 aliphatic rings. The van der Waals surface area contributed by atoms with E-state index in [-0.39, 0.29) is 11.7 Å². The van der Waals surface area contributed by atoms with Crippen LogP contribution in [0.4, 0.5) is 10.1 Å². The van der Waals surface area contributed by atoms with Crippen LogP contribution < -0.4 is 4.90 Å². The highest BCUT2D eigenvalue weighted by atomic mass is 32.2. The van der Waals surface area contributed by atoms with Crippen molar-refractivity contribution in [2.24, 2.45) is 0 Å². The molecule has 0 unspecified atom stereocenters. The van der Waals surface area contributed by atoms with Gasteiger partial charge in [0.15, 0.2) is 0 Å². The number of hydrogen-bond donors (Lipinski definition) is 0. The SMILES string of the molecule is Cc1ccc(S(=O)(=O)N2CCCN(CC(=O)N3CCN(c4ccc(F)cc4)CC3)CC2)cc1. The maximum Gasteiger partial charge on any atom is 0.243 e. The summed E-state index contributed by atoms with van der Waals surface area (Å²) < 4.78 is 40.7. The van der Waals surface area contributed by atoms with E-state index in [0.717, 1.165) is 11.3 Å². The average Bonchev–Trinajstić information content (AvgIpc) is 3.06. The molecule has 0 aliphatic carbocycles. The van der Waals surface area contributed by atoms with Crippen molar-refractivity contribution in [2.45, 2.75) is 18.2 Å². The molecule has 0 radical (unpaired) electrons. The van der Waals surface area contributed by atoms with Gasteiger partial charge in [-0.2, -0.15) is 4.31 Å². The number of rotatable bonds is 5. The Hall–Kier alpha value is -2.49. The quantitative estimate of drug-likeness (QED) is 0.665. The monoisotopic (exact) mass is 474 g/mol. The lowest BCUT2D eigenvalue weighted by molar-refractivity contribution is -0.132. The number of hydrogen-bond acceptors (Lipinski definition) is 5. The molecule has 178 valence electrons. The fraction of sp³-hybridized carbons (Fsp3) is 0.458. The highest BCUT2D eigenvalue weighted by molar-refractivity contribution is 7.89. The van der Waals surface area contributed by atoms with Crippen molar-refractivity contribution >= 4 is 21.6 Å². The second kappa shape index (κ2) is 10.2. The first-order valence-electron chi connectivity index (χ1n) is 11.4. The molecule has 2 saturated heterocycles. The van der Waals surface area contributed by atoms with Gasteiger partial charge in [-0.3, -0.25) is 9.69 Å². The van der Waals surface area contributed by atoms with Crippen LogP contribution in [0.5, 0.6) is 0 Å². The van der Waals surface area contributed by atoms with Crippen LogP contribution in [-0.2, 0) is 14.8 Å². The number of aryl methyl sites for hydroxylation is 1. The van der Waals surface area contributed by atoms with Gasteiger partial charge in [0, 0.05) is 51.5 Å². The molecule has 2 heterocycles. The minimum atomic E-state index is -3.53. The van der Waals surface area contributed by atoms with E-state index in [1.54, 1.807) is 24.3 Å². The van der Waals surface area contributed by atoms with Gasteiger partial charge in [-0.15, -0.1) is 0 Å². The van der Waals surface area contributed by atoms with E-state index in [2.05, 4.69) is 9.80 Å². The van der Waals surface area contributed by atoms with Crippen molar-refractivity contribution in [3.63, 3.8) is 0 Å². The first kappa shape index (κ1) is 23.7.